The quantitative estimate of drug-likeness (QED) is 0.894. The first-order valence-corrected chi connectivity index (χ1v) is 8.24. The summed E-state index contributed by atoms with van der Waals surface area (Å²) >= 11 is 0. The van der Waals surface area contributed by atoms with E-state index in [2.05, 4.69) is 0 Å². The zero-order valence-electron chi connectivity index (χ0n) is 11.8. The van der Waals surface area contributed by atoms with Crippen molar-refractivity contribution < 1.29 is 27.8 Å². The van der Waals surface area contributed by atoms with E-state index in [0.29, 0.717) is 17.7 Å². The molecule has 1 aromatic heterocycles. The summed E-state index contributed by atoms with van der Waals surface area (Å²) in [5, 5.41) is 20.1. The minimum atomic E-state index is -3.52. The van der Waals surface area contributed by atoms with Gasteiger partial charge in [0.15, 0.2) is 5.76 Å². The van der Waals surface area contributed by atoms with Crippen molar-refractivity contribution in [1.29, 1.82) is 0 Å². The monoisotopic (exact) mass is 325 g/mol. The molecule has 22 heavy (non-hydrogen) atoms. The molecule has 0 bridgehead atoms. The van der Waals surface area contributed by atoms with Crippen LogP contribution in [-0.4, -0.2) is 38.0 Å². The highest BCUT2D eigenvalue weighted by Gasteiger charge is 2.35. The van der Waals surface area contributed by atoms with Crippen LogP contribution in [0.2, 0.25) is 0 Å². The molecule has 8 heteroatoms. The van der Waals surface area contributed by atoms with Gasteiger partial charge >= 0.3 is 0 Å². The summed E-state index contributed by atoms with van der Waals surface area (Å²) < 4.78 is 35.4. The van der Waals surface area contributed by atoms with Crippen molar-refractivity contribution >= 4 is 15.9 Å². The molecule has 1 aromatic carbocycles. The van der Waals surface area contributed by atoms with Gasteiger partial charge in [-0.25, -0.2) is 12.7 Å². The van der Waals surface area contributed by atoms with Gasteiger partial charge in [-0.2, -0.15) is 0 Å². The van der Waals surface area contributed by atoms with Gasteiger partial charge in [0, 0.05) is 12.1 Å². The van der Waals surface area contributed by atoms with Gasteiger partial charge in [-0.1, -0.05) is 12.1 Å². The van der Waals surface area contributed by atoms with E-state index in [1.54, 1.807) is 24.3 Å². The largest absolute Gasteiger partial charge is 0.502 e. The summed E-state index contributed by atoms with van der Waals surface area (Å²) in [6.45, 7) is 0.209. The van der Waals surface area contributed by atoms with Crippen LogP contribution in [0.15, 0.2) is 28.7 Å². The minimum absolute atomic E-state index is 0.00602. The summed E-state index contributed by atoms with van der Waals surface area (Å²) in [6.07, 6.45) is 0.442. The van der Waals surface area contributed by atoms with Crippen LogP contribution in [-0.2, 0) is 10.0 Å². The first-order chi connectivity index (χ1) is 10.4. The molecular weight excluding hydrogens is 310 g/mol. The van der Waals surface area contributed by atoms with E-state index < -0.39 is 21.5 Å². The molecule has 0 saturated carbocycles. The smallest absolute Gasteiger partial charge is 0.256 e. The van der Waals surface area contributed by atoms with Crippen LogP contribution in [0, 0.1) is 0 Å². The highest BCUT2D eigenvalue weighted by Crippen LogP contribution is 2.48. The Morgan fingerprint density at radius 3 is 2.68 bits per heavy atom. The maximum Gasteiger partial charge on any atom is 0.256 e. The zero-order valence-corrected chi connectivity index (χ0v) is 12.6. The van der Waals surface area contributed by atoms with Crippen molar-refractivity contribution in [3.05, 3.63) is 24.3 Å². The van der Waals surface area contributed by atoms with Crippen molar-refractivity contribution in [2.75, 3.05) is 23.7 Å². The summed E-state index contributed by atoms with van der Waals surface area (Å²) in [4.78, 5) is 0. The Balaban J connectivity index is 2.10. The molecule has 0 unspecified atom stereocenters. The molecule has 118 valence electrons. The number of rotatable bonds is 3. The van der Waals surface area contributed by atoms with E-state index in [-0.39, 0.29) is 23.9 Å². The second kappa shape index (κ2) is 5.13. The average Bonchev–Trinajstić information content (AvgIpc) is 2.99. The second-order valence-electron chi connectivity index (χ2n) is 4.91. The molecule has 0 aliphatic carbocycles. The number of benzene rings is 1. The maximum absolute atomic E-state index is 11.9. The van der Waals surface area contributed by atoms with Crippen molar-refractivity contribution in [2.24, 2.45) is 0 Å². The van der Waals surface area contributed by atoms with Gasteiger partial charge in [0.25, 0.3) is 5.88 Å². The van der Waals surface area contributed by atoms with Crippen molar-refractivity contribution in [3.8, 4) is 28.6 Å². The summed E-state index contributed by atoms with van der Waals surface area (Å²) in [7, 11) is -2.02. The number of anilines is 1. The molecule has 0 spiro atoms. The molecule has 1 aliphatic heterocycles. The van der Waals surface area contributed by atoms with Gasteiger partial charge in [-0.05, 0) is 18.6 Å². The molecular formula is C14H15NO6S. The van der Waals surface area contributed by atoms with Crippen molar-refractivity contribution in [1.82, 2.24) is 0 Å². The summed E-state index contributed by atoms with van der Waals surface area (Å²) in [6, 6.07) is 6.68. The van der Waals surface area contributed by atoms with E-state index in [9.17, 15) is 18.6 Å². The first kappa shape index (κ1) is 14.6. The number of methoxy groups -OCH3 is 1. The van der Waals surface area contributed by atoms with E-state index in [1.807, 2.05) is 0 Å². The Hall–Kier alpha value is -2.35. The fourth-order valence-electron chi connectivity index (χ4n) is 2.40. The molecule has 1 aliphatic rings. The van der Waals surface area contributed by atoms with Crippen LogP contribution in [0.5, 0.6) is 17.2 Å². The van der Waals surface area contributed by atoms with Gasteiger partial charge in [-0.15, -0.1) is 0 Å². The molecule has 7 nitrogen and oxygen atoms in total. The molecule has 0 atom stereocenters. The Morgan fingerprint density at radius 2 is 2.05 bits per heavy atom. The van der Waals surface area contributed by atoms with Gasteiger partial charge in [-0.3, -0.25) is 0 Å². The molecule has 2 heterocycles. The summed E-state index contributed by atoms with van der Waals surface area (Å²) in [5.41, 5.74) is 0.468. The third-order valence-corrected chi connectivity index (χ3v) is 5.32. The fourth-order valence-corrected chi connectivity index (χ4v) is 3.90. The fraction of sp³-hybridized carbons (Fsp3) is 0.286. The molecule has 0 radical (unpaired) electrons. The molecule has 2 N–H and O–H groups in total. The lowest BCUT2D eigenvalue weighted by Crippen LogP contribution is -2.24. The van der Waals surface area contributed by atoms with Crippen molar-refractivity contribution in [3.63, 3.8) is 0 Å². The highest BCUT2D eigenvalue weighted by molar-refractivity contribution is 7.93. The van der Waals surface area contributed by atoms with Crippen LogP contribution >= 0.6 is 0 Å². The molecule has 1 saturated heterocycles. The van der Waals surface area contributed by atoms with Crippen molar-refractivity contribution in [2.45, 2.75) is 6.42 Å². The number of sulfonamides is 1. The van der Waals surface area contributed by atoms with Gasteiger partial charge in [0.2, 0.25) is 21.5 Å². The molecule has 3 rings (SSSR count). The third-order valence-electron chi connectivity index (χ3n) is 3.50. The van der Waals surface area contributed by atoms with E-state index in [1.165, 1.54) is 7.11 Å². The predicted molar refractivity (Wildman–Crippen MR) is 79.8 cm³/mol. The number of hydrogen-bond acceptors (Lipinski definition) is 6. The molecule has 0 amide bonds. The Morgan fingerprint density at radius 1 is 1.27 bits per heavy atom. The Bertz CT molecular complexity index is 811. The lowest BCUT2D eigenvalue weighted by Gasteiger charge is -2.12. The van der Waals surface area contributed by atoms with Crippen LogP contribution in [0.4, 0.5) is 5.88 Å². The van der Waals surface area contributed by atoms with Gasteiger partial charge in [0.1, 0.15) is 5.75 Å². The van der Waals surface area contributed by atoms with Gasteiger partial charge < -0.3 is 19.4 Å². The second-order valence-corrected chi connectivity index (χ2v) is 6.92. The summed E-state index contributed by atoms with van der Waals surface area (Å²) in [5.74, 6) is -0.805. The Labute approximate surface area is 127 Å². The van der Waals surface area contributed by atoms with E-state index >= 15 is 0 Å². The zero-order chi connectivity index (χ0) is 15.9. The minimum Gasteiger partial charge on any atom is -0.502 e. The van der Waals surface area contributed by atoms with Crippen LogP contribution < -0.4 is 9.04 Å². The normalized spacial score (nSPS) is 16.9. The van der Waals surface area contributed by atoms with Gasteiger partial charge in [0.05, 0.1) is 12.9 Å². The number of aromatic hydroxyl groups is 2. The maximum atomic E-state index is 11.9. The predicted octanol–water partition coefficient (Wildman–Crippen LogP) is 1.91. The average molecular weight is 325 g/mol. The standard InChI is InChI=1S/C14H15NO6S/c1-20-10-5-2-4-9(8-10)13-11(16)12(17)14(21-13)15-6-3-7-22(15,18)19/h2,4-5,8,16-17H,3,6-7H2,1H3. The highest BCUT2D eigenvalue weighted by atomic mass is 32.2. The molecule has 2 aromatic rings. The number of ether oxygens (including phenoxy) is 1. The SMILES string of the molecule is COc1cccc(-c2oc(N3CCCS3(=O)=O)c(O)c2O)c1. The topological polar surface area (TPSA) is 100 Å². The van der Waals surface area contributed by atoms with Crippen LogP contribution in [0.25, 0.3) is 11.3 Å². The third kappa shape index (κ3) is 2.25. The number of nitrogens with zero attached hydrogens (tertiary/aromatic N) is 1. The number of furan rings is 1. The van der Waals surface area contributed by atoms with Crippen LogP contribution in [0.1, 0.15) is 6.42 Å². The van der Waals surface area contributed by atoms with E-state index in [0.717, 1.165) is 4.31 Å². The number of hydrogen-bond donors (Lipinski definition) is 2. The van der Waals surface area contributed by atoms with Crippen LogP contribution in [0.3, 0.4) is 0 Å². The Kier molecular flexibility index (Phi) is 3.40. The lowest BCUT2D eigenvalue weighted by atomic mass is 10.1. The van der Waals surface area contributed by atoms with E-state index in [4.69, 9.17) is 9.15 Å². The first-order valence-electron chi connectivity index (χ1n) is 6.63. The lowest BCUT2D eigenvalue weighted by molar-refractivity contribution is 0.409. The molecule has 1 fully saturated rings.